The second kappa shape index (κ2) is 12.2. The van der Waals surface area contributed by atoms with Gasteiger partial charge >= 0.3 is 18.5 Å². The Balaban J connectivity index is 0.000000270. The van der Waals surface area contributed by atoms with Crippen LogP contribution in [0.3, 0.4) is 0 Å². The van der Waals surface area contributed by atoms with Crippen molar-refractivity contribution in [2.45, 2.75) is 79.3 Å². The summed E-state index contributed by atoms with van der Waals surface area (Å²) in [4.78, 5) is 11.8. The van der Waals surface area contributed by atoms with E-state index in [0.29, 0.717) is 34.2 Å². The maximum Gasteiger partial charge on any atom is 0.390 e. The van der Waals surface area contributed by atoms with Gasteiger partial charge in [-0.3, -0.25) is 15.0 Å². The Bertz CT molecular complexity index is 835. The highest BCUT2D eigenvalue weighted by Gasteiger charge is 2.35. The van der Waals surface area contributed by atoms with Crippen LogP contribution in [0.15, 0.2) is 50.3 Å². The summed E-state index contributed by atoms with van der Waals surface area (Å²) in [6, 6.07) is 0. The monoisotopic (exact) mass is 531 g/mol. The maximum absolute atomic E-state index is 11.9. The molecule has 3 unspecified atom stereocenters. The molecule has 0 aromatic carbocycles. The number of allylic oxidation sites excluding steroid dienone is 6. The van der Waals surface area contributed by atoms with Gasteiger partial charge in [-0.15, -0.1) is 0 Å². The van der Waals surface area contributed by atoms with Crippen LogP contribution in [0.25, 0.3) is 0 Å². The van der Waals surface area contributed by atoms with E-state index in [1.54, 1.807) is 59.8 Å². The Morgan fingerprint density at radius 1 is 0.472 bits per heavy atom. The molecule has 3 atom stereocenters. The first-order valence-electron chi connectivity index (χ1n) is 11.1. The van der Waals surface area contributed by atoms with Gasteiger partial charge in [0.1, 0.15) is 0 Å². The lowest BCUT2D eigenvalue weighted by molar-refractivity contribution is -0.138. The molecule has 3 heterocycles. The lowest BCUT2D eigenvalue weighted by Gasteiger charge is -2.10. The van der Waals surface area contributed by atoms with Crippen LogP contribution in [0.4, 0.5) is 39.5 Å². The molecule has 0 bridgehead atoms. The van der Waals surface area contributed by atoms with Gasteiger partial charge in [0.25, 0.3) is 0 Å². The van der Waals surface area contributed by atoms with E-state index in [1.165, 1.54) is 0 Å². The van der Waals surface area contributed by atoms with E-state index >= 15 is 0 Å². The van der Waals surface area contributed by atoms with Crippen molar-refractivity contribution in [3.63, 3.8) is 0 Å². The number of rotatable bonds is 3. The second-order valence-corrected chi connectivity index (χ2v) is 8.96. The van der Waals surface area contributed by atoms with E-state index in [-0.39, 0.29) is 0 Å². The largest absolute Gasteiger partial charge is 0.390 e. The van der Waals surface area contributed by atoms with Gasteiger partial charge < -0.3 is 0 Å². The van der Waals surface area contributed by atoms with Crippen molar-refractivity contribution in [1.29, 1.82) is 0 Å². The zero-order valence-electron chi connectivity index (χ0n) is 20.8. The highest BCUT2D eigenvalue weighted by molar-refractivity contribution is 5.90. The van der Waals surface area contributed by atoms with Crippen LogP contribution in [0.2, 0.25) is 0 Å². The molecule has 0 saturated heterocycles. The van der Waals surface area contributed by atoms with Crippen LogP contribution in [0.5, 0.6) is 0 Å². The predicted molar refractivity (Wildman–Crippen MR) is 123 cm³/mol. The van der Waals surface area contributed by atoms with Crippen molar-refractivity contribution >= 4 is 17.1 Å². The molecular formula is C24H30F9N3. The fourth-order valence-corrected chi connectivity index (χ4v) is 3.80. The van der Waals surface area contributed by atoms with E-state index < -0.39 is 55.5 Å². The molecule has 204 valence electrons. The molecule has 0 amide bonds. The normalized spacial score (nSPS) is 23.9. The van der Waals surface area contributed by atoms with E-state index in [4.69, 9.17) is 0 Å². The van der Waals surface area contributed by atoms with Crippen LogP contribution in [0.1, 0.15) is 60.8 Å². The van der Waals surface area contributed by atoms with Crippen LogP contribution < -0.4 is 0 Å². The van der Waals surface area contributed by atoms with Gasteiger partial charge in [-0.1, -0.05) is 18.2 Å². The quantitative estimate of drug-likeness (QED) is 0.327. The summed E-state index contributed by atoms with van der Waals surface area (Å²) in [5.74, 6) is -1.61. The van der Waals surface area contributed by atoms with Crippen molar-refractivity contribution in [3.05, 3.63) is 35.3 Å². The van der Waals surface area contributed by atoms with E-state index in [9.17, 15) is 39.5 Å². The van der Waals surface area contributed by atoms with Gasteiger partial charge in [-0.05, 0) is 41.5 Å². The number of hydrogen-bond donors (Lipinski definition) is 0. The standard InChI is InChI=1S/3C8H10F3N/c3*1-5-3-7(6(2)12-5)4-8(9,10)11/h3*3,7H,4H2,1-2H3. The lowest BCUT2D eigenvalue weighted by atomic mass is 10.0. The summed E-state index contributed by atoms with van der Waals surface area (Å²) in [6.45, 7) is 10.0. The number of nitrogens with zero attached hydrogens (tertiary/aromatic N) is 3. The molecule has 0 aromatic rings. The van der Waals surface area contributed by atoms with E-state index in [0.717, 1.165) is 0 Å². The molecule has 12 heteroatoms. The molecule has 0 radical (unpaired) electrons. The van der Waals surface area contributed by atoms with Gasteiger partial charge in [-0.25, -0.2) is 0 Å². The van der Waals surface area contributed by atoms with Crippen molar-refractivity contribution in [2.75, 3.05) is 0 Å². The summed E-state index contributed by atoms with van der Waals surface area (Å²) < 4.78 is 107. The number of aliphatic imine (C=N–C) groups is 3. The van der Waals surface area contributed by atoms with Gasteiger partial charge in [-0.2, -0.15) is 39.5 Å². The fraction of sp³-hybridized carbons (Fsp3) is 0.625. The Morgan fingerprint density at radius 3 is 0.778 bits per heavy atom. The average molecular weight is 532 g/mol. The predicted octanol–water partition coefficient (Wildman–Crippen LogP) is 8.80. The first-order valence-corrected chi connectivity index (χ1v) is 11.1. The third kappa shape index (κ3) is 12.5. The Morgan fingerprint density at radius 2 is 0.667 bits per heavy atom. The number of alkyl halides is 9. The third-order valence-electron chi connectivity index (χ3n) is 5.35. The van der Waals surface area contributed by atoms with Gasteiger partial charge in [0.05, 0.1) is 19.3 Å². The molecule has 3 aliphatic rings. The summed E-state index contributed by atoms with van der Waals surface area (Å²) in [5, 5.41) is 0. The Labute approximate surface area is 204 Å². The van der Waals surface area contributed by atoms with E-state index in [1.807, 2.05) is 0 Å². The molecular weight excluding hydrogens is 501 g/mol. The summed E-state index contributed by atoms with van der Waals surface area (Å²) in [7, 11) is 0. The van der Waals surface area contributed by atoms with Crippen LogP contribution in [-0.2, 0) is 0 Å². The van der Waals surface area contributed by atoms with Crippen LogP contribution in [0, 0.1) is 17.8 Å². The number of halogens is 9. The second-order valence-electron chi connectivity index (χ2n) is 8.96. The molecule has 0 spiro atoms. The van der Waals surface area contributed by atoms with Crippen LogP contribution >= 0.6 is 0 Å². The summed E-state index contributed by atoms with van der Waals surface area (Å²) >= 11 is 0. The molecule has 0 aliphatic carbocycles. The highest BCUT2D eigenvalue weighted by Crippen LogP contribution is 2.32. The van der Waals surface area contributed by atoms with Crippen LogP contribution in [-0.4, -0.2) is 35.7 Å². The van der Waals surface area contributed by atoms with Crippen molar-refractivity contribution in [1.82, 2.24) is 0 Å². The molecule has 3 aliphatic heterocycles. The van der Waals surface area contributed by atoms with E-state index in [2.05, 4.69) is 15.0 Å². The summed E-state index contributed by atoms with van der Waals surface area (Å²) in [6.07, 6.45) is -9.98. The zero-order valence-corrected chi connectivity index (χ0v) is 20.8. The lowest BCUT2D eigenvalue weighted by Crippen LogP contribution is -2.17. The fourth-order valence-electron chi connectivity index (χ4n) is 3.80. The average Bonchev–Trinajstić information content (AvgIpc) is 3.21. The van der Waals surface area contributed by atoms with Crippen molar-refractivity contribution < 1.29 is 39.5 Å². The molecule has 0 aromatic heterocycles. The Hall–Kier alpha value is -2.40. The maximum atomic E-state index is 11.9. The van der Waals surface area contributed by atoms with Gasteiger partial charge in [0, 0.05) is 52.0 Å². The summed E-state index contributed by atoms with van der Waals surface area (Å²) in [5.41, 5.74) is 3.73. The number of hydrogen-bond acceptors (Lipinski definition) is 3. The topological polar surface area (TPSA) is 37.1 Å². The first kappa shape index (κ1) is 31.6. The minimum Gasteiger partial charge on any atom is -0.263 e. The van der Waals surface area contributed by atoms with Crippen molar-refractivity contribution in [3.8, 4) is 0 Å². The molecule has 0 N–H and O–H groups in total. The highest BCUT2D eigenvalue weighted by atomic mass is 19.4. The molecule has 3 rings (SSSR count). The molecule has 0 saturated carbocycles. The van der Waals surface area contributed by atoms with Crippen molar-refractivity contribution in [2.24, 2.45) is 32.7 Å². The first-order chi connectivity index (χ1) is 16.1. The third-order valence-corrected chi connectivity index (χ3v) is 5.35. The minimum absolute atomic E-state index is 0.537. The van der Waals surface area contributed by atoms with Gasteiger partial charge in [0.2, 0.25) is 0 Å². The SMILES string of the molecule is CC1=CC(CC(F)(F)F)C(C)=N1.CC1=CC(CC(F)(F)F)C(C)=N1.CC1=CC(CC(F)(F)F)C(C)=N1. The molecule has 36 heavy (non-hydrogen) atoms. The molecule has 0 fully saturated rings. The zero-order chi connectivity index (χ0) is 28.1. The Kier molecular flexibility index (Phi) is 10.7. The minimum atomic E-state index is -4.09. The molecule has 3 nitrogen and oxygen atoms in total. The smallest absolute Gasteiger partial charge is 0.263 e. The van der Waals surface area contributed by atoms with Gasteiger partial charge in [0.15, 0.2) is 0 Å².